The molecule has 0 bridgehead atoms. The Kier molecular flexibility index (Phi) is 19.3. The molecule has 35 heavy (non-hydrogen) atoms. The van der Waals surface area contributed by atoms with Crippen molar-refractivity contribution in [2.45, 2.75) is 175 Å². The van der Waals surface area contributed by atoms with Gasteiger partial charge in [-0.25, -0.2) is 0 Å². The van der Waals surface area contributed by atoms with Crippen molar-refractivity contribution in [2.75, 3.05) is 0 Å². The lowest BCUT2D eigenvalue weighted by atomic mass is 9.61. The smallest absolute Gasteiger partial charge is 0.160 e. The molecule has 0 spiro atoms. The quantitative estimate of drug-likeness (QED) is 0.0845. The van der Waals surface area contributed by atoms with Gasteiger partial charge < -0.3 is 10.2 Å². The van der Waals surface area contributed by atoms with E-state index in [1.807, 2.05) is 6.92 Å². The number of allylic oxidation sites excluding steroid dienone is 1. The zero-order valence-corrected chi connectivity index (χ0v) is 24.4. The van der Waals surface area contributed by atoms with Crippen LogP contribution in [-0.4, -0.2) is 16.5 Å². The van der Waals surface area contributed by atoms with Crippen molar-refractivity contribution in [3.05, 3.63) is 12.2 Å². The highest BCUT2D eigenvalue weighted by atomic mass is 16.5. The van der Waals surface area contributed by atoms with E-state index in [1.165, 1.54) is 141 Å². The molecular formula is C33H64O2. The molecule has 0 saturated heterocycles. The average Bonchev–Trinajstić information content (AvgIpc) is 2.84. The van der Waals surface area contributed by atoms with E-state index in [0.29, 0.717) is 17.8 Å². The molecule has 2 heteroatoms. The maximum absolute atomic E-state index is 10.1. The van der Waals surface area contributed by atoms with Crippen LogP contribution in [0.15, 0.2) is 12.2 Å². The second-order valence-corrected chi connectivity index (χ2v) is 12.2. The summed E-state index contributed by atoms with van der Waals surface area (Å²) in [6.45, 7) is 8.89. The summed E-state index contributed by atoms with van der Waals surface area (Å²) in [5.41, 5.74) is -0.503. The van der Waals surface area contributed by atoms with E-state index in [1.54, 1.807) is 0 Å². The third kappa shape index (κ3) is 13.7. The molecule has 0 aromatic heterocycles. The van der Waals surface area contributed by atoms with Crippen molar-refractivity contribution in [1.82, 2.24) is 0 Å². The molecule has 4 unspecified atom stereocenters. The lowest BCUT2D eigenvalue weighted by Gasteiger charge is -2.45. The predicted molar refractivity (Wildman–Crippen MR) is 155 cm³/mol. The lowest BCUT2D eigenvalue weighted by molar-refractivity contribution is -0.141. The van der Waals surface area contributed by atoms with Gasteiger partial charge in [-0.2, -0.15) is 0 Å². The largest absolute Gasteiger partial charge is 0.367 e. The second kappa shape index (κ2) is 20.7. The maximum atomic E-state index is 10.1. The molecule has 0 radical (unpaired) electrons. The Labute approximate surface area is 220 Å². The summed E-state index contributed by atoms with van der Waals surface area (Å²) in [5, 5.41) is 20.3. The van der Waals surface area contributed by atoms with Crippen molar-refractivity contribution >= 4 is 0 Å². The Balaban J connectivity index is 2.33. The first-order valence-corrected chi connectivity index (χ1v) is 16.0. The molecule has 0 heterocycles. The minimum atomic E-state index is -1.26. The molecule has 0 fully saturated rings. The third-order valence-corrected chi connectivity index (χ3v) is 9.21. The van der Waals surface area contributed by atoms with Crippen LogP contribution in [0.3, 0.4) is 0 Å². The van der Waals surface area contributed by atoms with Crippen LogP contribution in [-0.2, 0) is 0 Å². The van der Waals surface area contributed by atoms with Gasteiger partial charge in [-0.15, -0.1) is 0 Å². The van der Waals surface area contributed by atoms with E-state index < -0.39 is 11.7 Å². The number of hydrogen-bond acceptors (Lipinski definition) is 2. The van der Waals surface area contributed by atoms with Crippen molar-refractivity contribution in [3.63, 3.8) is 0 Å². The minimum absolute atomic E-state index is 0.319. The van der Waals surface area contributed by atoms with Crippen LogP contribution in [0.4, 0.5) is 0 Å². The predicted octanol–water partition coefficient (Wildman–Crippen LogP) is 10.4. The van der Waals surface area contributed by atoms with Gasteiger partial charge in [-0.1, -0.05) is 168 Å². The van der Waals surface area contributed by atoms with E-state index in [0.717, 1.165) is 0 Å². The summed E-state index contributed by atoms with van der Waals surface area (Å²) in [4.78, 5) is 0. The van der Waals surface area contributed by atoms with E-state index >= 15 is 0 Å². The molecule has 0 aromatic rings. The van der Waals surface area contributed by atoms with Gasteiger partial charge in [0.2, 0.25) is 0 Å². The highest BCUT2D eigenvalue weighted by Gasteiger charge is 2.44. The van der Waals surface area contributed by atoms with Crippen molar-refractivity contribution in [1.29, 1.82) is 0 Å². The van der Waals surface area contributed by atoms with E-state index in [2.05, 4.69) is 32.9 Å². The molecular weight excluding hydrogens is 428 g/mol. The summed E-state index contributed by atoms with van der Waals surface area (Å²) < 4.78 is 0. The molecule has 0 aromatic carbocycles. The van der Waals surface area contributed by atoms with Crippen LogP contribution in [0.25, 0.3) is 0 Å². The standard InChI is InChI=1S/C33H64O2/c1-5-7-9-11-13-15-17-19-21-23-25-30-27-28-33(4,32(34)35)29(3)31(30)26-24-22-20-18-16-14-12-10-8-6-2/h27-32,34-35H,5-26H2,1-4H3. The first-order valence-electron chi connectivity index (χ1n) is 16.0. The Hall–Kier alpha value is -0.340. The van der Waals surface area contributed by atoms with Crippen molar-refractivity contribution < 1.29 is 10.2 Å². The van der Waals surface area contributed by atoms with Crippen molar-refractivity contribution in [3.8, 4) is 0 Å². The van der Waals surface area contributed by atoms with Gasteiger partial charge in [0.15, 0.2) is 6.29 Å². The fraction of sp³-hybridized carbons (Fsp3) is 0.939. The number of unbranched alkanes of at least 4 members (excludes halogenated alkanes) is 18. The molecule has 0 amide bonds. The number of hydrogen-bond donors (Lipinski definition) is 2. The number of aliphatic hydroxyl groups is 2. The third-order valence-electron chi connectivity index (χ3n) is 9.21. The van der Waals surface area contributed by atoms with Crippen LogP contribution >= 0.6 is 0 Å². The zero-order valence-electron chi connectivity index (χ0n) is 24.4. The molecule has 0 aliphatic heterocycles. The summed E-state index contributed by atoms with van der Waals surface area (Å²) in [7, 11) is 0. The van der Waals surface area contributed by atoms with Crippen molar-refractivity contribution in [2.24, 2.45) is 23.2 Å². The monoisotopic (exact) mass is 492 g/mol. The van der Waals surface area contributed by atoms with E-state index in [-0.39, 0.29) is 0 Å². The summed E-state index contributed by atoms with van der Waals surface area (Å²) in [6.07, 6.45) is 33.4. The van der Waals surface area contributed by atoms with Gasteiger partial charge >= 0.3 is 0 Å². The lowest BCUT2D eigenvalue weighted by Crippen LogP contribution is -2.44. The van der Waals surface area contributed by atoms with Crippen LogP contribution in [0.1, 0.15) is 169 Å². The minimum Gasteiger partial charge on any atom is -0.367 e. The normalized spacial score (nSPS) is 24.5. The average molecular weight is 493 g/mol. The van der Waals surface area contributed by atoms with E-state index in [9.17, 15) is 10.2 Å². The molecule has 0 saturated carbocycles. The van der Waals surface area contributed by atoms with Gasteiger partial charge in [0.1, 0.15) is 0 Å². The number of aliphatic hydroxyl groups excluding tert-OH is 1. The maximum Gasteiger partial charge on any atom is 0.160 e. The fourth-order valence-electron chi connectivity index (χ4n) is 6.29. The summed E-state index contributed by atoms with van der Waals surface area (Å²) >= 11 is 0. The van der Waals surface area contributed by atoms with Gasteiger partial charge in [0.05, 0.1) is 0 Å². The first kappa shape index (κ1) is 32.7. The zero-order chi connectivity index (χ0) is 25.8. The second-order valence-electron chi connectivity index (χ2n) is 12.2. The van der Waals surface area contributed by atoms with E-state index in [4.69, 9.17) is 0 Å². The summed E-state index contributed by atoms with van der Waals surface area (Å²) in [5.74, 6) is 1.52. The van der Waals surface area contributed by atoms with Crippen LogP contribution in [0, 0.1) is 23.2 Å². The van der Waals surface area contributed by atoms with Gasteiger partial charge in [0.25, 0.3) is 0 Å². The molecule has 1 aliphatic carbocycles. The first-order chi connectivity index (χ1) is 17.0. The number of rotatable bonds is 23. The van der Waals surface area contributed by atoms with Crippen LogP contribution in [0.5, 0.6) is 0 Å². The van der Waals surface area contributed by atoms with Gasteiger partial charge in [-0.3, -0.25) is 0 Å². The van der Waals surface area contributed by atoms with Crippen LogP contribution < -0.4 is 0 Å². The summed E-state index contributed by atoms with van der Waals surface area (Å²) in [6, 6.07) is 0. The SMILES string of the molecule is CCCCCCCCCCCCC1C=CC(C)(C(O)O)C(C)C1CCCCCCCCCCCC. The van der Waals surface area contributed by atoms with Gasteiger partial charge in [-0.05, 0) is 30.6 Å². The molecule has 4 atom stereocenters. The highest BCUT2D eigenvalue weighted by Crippen LogP contribution is 2.47. The molecule has 2 N–H and O–H groups in total. The topological polar surface area (TPSA) is 40.5 Å². The fourth-order valence-corrected chi connectivity index (χ4v) is 6.29. The Morgan fingerprint density at radius 1 is 0.600 bits per heavy atom. The molecule has 1 aliphatic rings. The molecule has 1 rings (SSSR count). The van der Waals surface area contributed by atoms with Crippen LogP contribution in [0.2, 0.25) is 0 Å². The molecule has 208 valence electrons. The Morgan fingerprint density at radius 3 is 1.37 bits per heavy atom. The Bertz CT molecular complexity index is 499. The Morgan fingerprint density at radius 2 is 0.971 bits per heavy atom. The van der Waals surface area contributed by atoms with Gasteiger partial charge in [0, 0.05) is 5.41 Å². The molecule has 2 nitrogen and oxygen atoms in total. The highest BCUT2D eigenvalue weighted by molar-refractivity contribution is 5.11.